The Morgan fingerprint density at radius 1 is 0.933 bits per heavy atom. The van der Waals surface area contributed by atoms with Crippen LogP contribution in [0.2, 0.25) is 0 Å². The summed E-state index contributed by atoms with van der Waals surface area (Å²) >= 11 is 0. The minimum absolute atomic E-state index is 0.00994. The molecule has 0 aliphatic heterocycles. The van der Waals surface area contributed by atoms with E-state index in [0.29, 0.717) is 29.8 Å². The van der Waals surface area contributed by atoms with E-state index in [1.54, 1.807) is 42.5 Å². The SMILES string of the molecule is CC(C)NC(=O)Nc1cccc(C(=O)Nc2cccc(S(=O)(=O)C3CCCC3)c2)c1. The molecule has 0 spiro atoms. The maximum atomic E-state index is 12.8. The Kier molecular flexibility index (Phi) is 6.77. The van der Waals surface area contributed by atoms with Gasteiger partial charge in [-0.25, -0.2) is 13.2 Å². The van der Waals surface area contributed by atoms with Crippen LogP contribution < -0.4 is 16.0 Å². The standard InChI is InChI=1S/C22H27N3O4S/c1-15(2)23-22(27)25-17-8-5-7-16(13-17)21(26)24-18-9-6-12-20(14-18)30(28,29)19-10-3-4-11-19/h5-9,12-15,19H,3-4,10-11H2,1-2H3,(H,24,26)(H2,23,25,27). The van der Waals surface area contributed by atoms with Crippen LogP contribution in [0.25, 0.3) is 0 Å². The second kappa shape index (κ2) is 9.30. The molecule has 1 aliphatic rings. The Hall–Kier alpha value is -2.87. The molecule has 0 radical (unpaired) electrons. The number of hydrogen-bond acceptors (Lipinski definition) is 4. The van der Waals surface area contributed by atoms with Crippen molar-refractivity contribution in [1.82, 2.24) is 5.32 Å². The van der Waals surface area contributed by atoms with Crippen molar-refractivity contribution in [3.05, 3.63) is 54.1 Å². The number of carbonyl (C=O) groups is 2. The van der Waals surface area contributed by atoms with E-state index in [2.05, 4.69) is 16.0 Å². The van der Waals surface area contributed by atoms with Crippen LogP contribution in [0.4, 0.5) is 16.2 Å². The number of carbonyl (C=O) groups excluding carboxylic acids is 2. The maximum Gasteiger partial charge on any atom is 0.319 e. The molecule has 30 heavy (non-hydrogen) atoms. The summed E-state index contributed by atoms with van der Waals surface area (Å²) in [6.07, 6.45) is 3.23. The summed E-state index contributed by atoms with van der Waals surface area (Å²) in [5.74, 6) is -0.390. The molecule has 2 aromatic rings. The number of rotatable bonds is 6. The normalized spacial score (nSPS) is 14.5. The predicted octanol–water partition coefficient (Wildman–Crippen LogP) is 4.19. The van der Waals surface area contributed by atoms with Crippen LogP contribution in [0.5, 0.6) is 0 Å². The van der Waals surface area contributed by atoms with Gasteiger partial charge in [-0.3, -0.25) is 4.79 Å². The lowest BCUT2D eigenvalue weighted by atomic mass is 10.2. The average molecular weight is 430 g/mol. The number of nitrogens with one attached hydrogen (secondary N) is 3. The van der Waals surface area contributed by atoms with E-state index in [1.807, 2.05) is 13.8 Å². The lowest BCUT2D eigenvalue weighted by molar-refractivity contribution is 0.102. The van der Waals surface area contributed by atoms with Gasteiger partial charge in [0.05, 0.1) is 10.1 Å². The zero-order chi connectivity index (χ0) is 21.7. The smallest absolute Gasteiger partial charge is 0.319 e. The summed E-state index contributed by atoms with van der Waals surface area (Å²) in [4.78, 5) is 24.7. The first kappa shape index (κ1) is 21.8. The van der Waals surface area contributed by atoms with Crippen molar-refractivity contribution in [3.63, 3.8) is 0 Å². The molecule has 1 saturated carbocycles. The van der Waals surface area contributed by atoms with Gasteiger partial charge >= 0.3 is 6.03 Å². The molecular formula is C22H27N3O4S. The van der Waals surface area contributed by atoms with E-state index in [4.69, 9.17) is 0 Å². The maximum absolute atomic E-state index is 12.8. The van der Waals surface area contributed by atoms with Crippen molar-refractivity contribution in [3.8, 4) is 0 Å². The molecule has 7 nitrogen and oxygen atoms in total. The molecule has 3 rings (SSSR count). The highest BCUT2D eigenvalue weighted by atomic mass is 32.2. The topological polar surface area (TPSA) is 104 Å². The fourth-order valence-corrected chi connectivity index (χ4v) is 5.41. The lowest BCUT2D eigenvalue weighted by Gasteiger charge is -2.13. The minimum Gasteiger partial charge on any atom is -0.336 e. The Balaban J connectivity index is 1.72. The van der Waals surface area contributed by atoms with Crippen molar-refractivity contribution in [2.24, 2.45) is 0 Å². The molecule has 3 N–H and O–H groups in total. The van der Waals surface area contributed by atoms with Gasteiger partial charge in [0.2, 0.25) is 0 Å². The number of hydrogen-bond donors (Lipinski definition) is 3. The van der Waals surface area contributed by atoms with Crippen molar-refractivity contribution < 1.29 is 18.0 Å². The van der Waals surface area contributed by atoms with Crippen LogP contribution >= 0.6 is 0 Å². The van der Waals surface area contributed by atoms with Crippen LogP contribution in [0, 0.1) is 0 Å². The Bertz CT molecular complexity index is 1030. The molecule has 3 amide bonds. The third kappa shape index (κ3) is 5.38. The second-order valence-electron chi connectivity index (χ2n) is 7.77. The van der Waals surface area contributed by atoms with Crippen molar-refractivity contribution >= 4 is 33.2 Å². The third-order valence-corrected chi connectivity index (χ3v) is 7.22. The summed E-state index contributed by atoms with van der Waals surface area (Å²) in [5.41, 5.74) is 1.25. The Labute approximate surface area is 177 Å². The monoisotopic (exact) mass is 429 g/mol. The summed E-state index contributed by atoms with van der Waals surface area (Å²) in [6.45, 7) is 3.70. The Morgan fingerprint density at radius 3 is 2.23 bits per heavy atom. The van der Waals surface area contributed by atoms with E-state index in [9.17, 15) is 18.0 Å². The van der Waals surface area contributed by atoms with Gasteiger partial charge in [0, 0.05) is 23.0 Å². The number of amides is 3. The van der Waals surface area contributed by atoms with Gasteiger partial charge in [0.15, 0.2) is 9.84 Å². The zero-order valence-electron chi connectivity index (χ0n) is 17.1. The van der Waals surface area contributed by atoms with Crippen molar-refractivity contribution in [2.45, 2.75) is 55.7 Å². The third-order valence-electron chi connectivity index (χ3n) is 4.96. The van der Waals surface area contributed by atoms with Gasteiger partial charge in [0.1, 0.15) is 0 Å². The fraction of sp³-hybridized carbons (Fsp3) is 0.364. The van der Waals surface area contributed by atoms with Gasteiger partial charge in [-0.15, -0.1) is 0 Å². The number of urea groups is 1. The minimum atomic E-state index is -3.40. The first-order valence-electron chi connectivity index (χ1n) is 10.1. The van der Waals surface area contributed by atoms with Gasteiger partial charge in [-0.1, -0.05) is 25.0 Å². The Morgan fingerprint density at radius 2 is 1.57 bits per heavy atom. The summed E-state index contributed by atoms with van der Waals surface area (Å²) in [7, 11) is -3.40. The highest BCUT2D eigenvalue weighted by Crippen LogP contribution is 2.30. The van der Waals surface area contributed by atoms with Gasteiger partial charge in [-0.2, -0.15) is 0 Å². The molecule has 0 heterocycles. The molecule has 8 heteroatoms. The fourth-order valence-electron chi connectivity index (χ4n) is 3.51. The number of sulfone groups is 1. The van der Waals surface area contributed by atoms with Gasteiger partial charge in [0.25, 0.3) is 5.91 Å². The van der Waals surface area contributed by atoms with E-state index in [1.165, 1.54) is 6.07 Å². The molecule has 0 saturated heterocycles. The summed E-state index contributed by atoms with van der Waals surface area (Å²) in [6, 6.07) is 12.5. The quantitative estimate of drug-likeness (QED) is 0.640. The first-order chi connectivity index (χ1) is 14.3. The summed E-state index contributed by atoms with van der Waals surface area (Å²) in [5, 5.41) is 7.80. The molecule has 1 aliphatic carbocycles. The van der Waals surface area contributed by atoms with Crippen molar-refractivity contribution in [2.75, 3.05) is 10.6 Å². The molecule has 0 unspecified atom stereocenters. The number of benzene rings is 2. The van der Waals surface area contributed by atoms with E-state index in [-0.39, 0.29) is 22.2 Å². The molecule has 0 aromatic heterocycles. The average Bonchev–Trinajstić information content (AvgIpc) is 3.23. The second-order valence-corrected chi connectivity index (χ2v) is 10.00. The van der Waals surface area contributed by atoms with Crippen LogP contribution in [0.3, 0.4) is 0 Å². The first-order valence-corrected chi connectivity index (χ1v) is 11.6. The van der Waals surface area contributed by atoms with Crippen LogP contribution in [0.15, 0.2) is 53.4 Å². The van der Waals surface area contributed by atoms with Gasteiger partial charge in [-0.05, 0) is 63.1 Å². The van der Waals surface area contributed by atoms with E-state index < -0.39 is 15.7 Å². The van der Waals surface area contributed by atoms with Crippen LogP contribution in [-0.2, 0) is 9.84 Å². The lowest BCUT2D eigenvalue weighted by Crippen LogP contribution is -2.34. The molecule has 0 bridgehead atoms. The van der Waals surface area contributed by atoms with Crippen molar-refractivity contribution in [1.29, 1.82) is 0 Å². The van der Waals surface area contributed by atoms with Crippen LogP contribution in [0.1, 0.15) is 49.9 Å². The summed E-state index contributed by atoms with van der Waals surface area (Å²) < 4.78 is 25.6. The highest BCUT2D eigenvalue weighted by Gasteiger charge is 2.30. The molecule has 1 fully saturated rings. The highest BCUT2D eigenvalue weighted by molar-refractivity contribution is 7.92. The van der Waals surface area contributed by atoms with Gasteiger partial charge < -0.3 is 16.0 Å². The molecular weight excluding hydrogens is 402 g/mol. The zero-order valence-corrected chi connectivity index (χ0v) is 18.0. The number of anilines is 2. The predicted molar refractivity (Wildman–Crippen MR) is 118 cm³/mol. The van der Waals surface area contributed by atoms with Crippen LogP contribution in [-0.4, -0.2) is 31.6 Å². The molecule has 2 aromatic carbocycles. The molecule has 0 atom stereocenters. The van der Waals surface area contributed by atoms with E-state index in [0.717, 1.165) is 12.8 Å². The largest absolute Gasteiger partial charge is 0.336 e. The molecule has 160 valence electrons. The van der Waals surface area contributed by atoms with E-state index >= 15 is 0 Å².